The Morgan fingerprint density at radius 2 is 1.81 bits per heavy atom. The predicted molar refractivity (Wildman–Crippen MR) is 134 cm³/mol. The van der Waals surface area contributed by atoms with E-state index in [1.807, 2.05) is 31.2 Å². The molecule has 1 atom stereocenters. The maximum absolute atomic E-state index is 12.9. The third kappa shape index (κ3) is 5.49. The van der Waals surface area contributed by atoms with Gasteiger partial charge in [0.25, 0.3) is 0 Å². The average Bonchev–Trinajstić information content (AvgIpc) is 2.90. The lowest BCUT2D eigenvalue weighted by Gasteiger charge is -2.38. The van der Waals surface area contributed by atoms with Crippen LogP contribution in [0.1, 0.15) is 18.5 Å². The molecule has 0 saturated carbocycles. The summed E-state index contributed by atoms with van der Waals surface area (Å²) in [7, 11) is 2.96. The van der Waals surface area contributed by atoms with E-state index in [9.17, 15) is 14.7 Å². The van der Waals surface area contributed by atoms with Gasteiger partial charge in [0.1, 0.15) is 5.75 Å². The number of piperazine rings is 1. The van der Waals surface area contributed by atoms with Gasteiger partial charge in [-0.3, -0.25) is 4.90 Å². The highest BCUT2D eigenvalue weighted by Crippen LogP contribution is 2.34. The molecule has 2 aromatic rings. The minimum Gasteiger partial charge on any atom is -0.504 e. The molecule has 192 valence electrons. The van der Waals surface area contributed by atoms with Crippen LogP contribution < -0.4 is 25.0 Å². The first-order valence-electron chi connectivity index (χ1n) is 11.9. The molecule has 2 amide bonds. The number of aromatic hydroxyl groups is 1. The summed E-state index contributed by atoms with van der Waals surface area (Å²) in [5.41, 5.74) is 2.55. The summed E-state index contributed by atoms with van der Waals surface area (Å²) in [4.78, 5) is 30.0. The van der Waals surface area contributed by atoms with Crippen LogP contribution in [0.5, 0.6) is 17.2 Å². The van der Waals surface area contributed by atoms with Crippen LogP contribution in [-0.4, -0.2) is 75.6 Å². The maximum atomic E-state index is 12.9. The maximum Gasteiger partial charge on any atom is 0.338 e. The minimum atomic E-state index is -0.749. The monoisotopic (exact) mass is 496 g/mol. The van der Waals surface area contributed by atoms with E-state index in [2.05, 4.69) is 20.4 Å². The summed E-state index contributed by atoms with van der Waals surface area (Å²) in [5, 5.41) is 15.7. The molecule has 0 aliphatic carbocycles. The van der Waals surface area contributed by atoms with Crippen molar-refractivity contribution in [3.63, 3.8) is 0 Å². The standard InChI is InChI=1S/C26H32N4O6/c1-4-36-22-15-17(5-10-21(22)31)24-23(25(32)35-3)20(27-26(33)28-24)16-29-11-13-30(14-12-29)18-6-8-19(34-2)9-7-18/h5-10,15,24,31H,4,11-14,16H2,1-3H3,(H2,27,28,33). The van der Waals surface area contributed by atoms with Crippen LogP contribution in [0, 0.1) is 0 Å². The van der Waals surface area contributed by atoms with Crippen LogP contribution in [0.25, 0.3) is 0 Å². The normalized spacial score (nSPS) is 18.4. The number of benzene rings is 2. The van der Waals surface area contributed by atoms with Crippen LogP contribution in [0.3, 0.4) is 0 Å². The first-order valence-corrected chi connectivity index (χ1v) is 11.9. The lowest BCUT2D eigenvalue weighted by molar-refractivity contribution is -0.136. The zero-order chi connectivity index (χ0) is 25.7. The summed E-state index contributed by atoms with van der Waals surface area (Å²) < 4.78 is 15.8. The topological polar surface area (TPSA) is 113 Å². The number of rotatable bonds is 8. The number of urea groups is 1. The van der Waals surface area contributed by atoms with Gasteiger partial charge in [-0.15, -0.1) is 0 Å². The molecule has 0 aromatic heterocycles. The molecule has 10 heteroatoms. The second-order valence-electron chi connectivity index (χ2n) is 8.54. The van der Waals surface area contributed by atoms with Crippen molar-refractivity contribution in [1.29, 1.82) is 0 Å². The van der Waals surface area contributed by atoms with Crippen molar-refractivity contribution in [2.24, 2.45) is 0 Å². The molecule has 0 spiro atoms. The molecule has 2 aliphatic heterocycles. The first-order chi connectivity index (χ1) is 17.4. The molecule has 3 N–H and O–H groups in total. The summed E-state index contributed by atoms with van der Waals surface area (Å²) in [6, 6.07) is 11.6. The van der Waals surface area contributed by atoms with Gasteiger partial charge in [0, 0.05) is 44.1 Å². The summed E-state index contributed by atoms with van der Waals surface area (Å²) in [6.45, 7) is 5.68. The van der Waals surface area contributed by atoms with Gasteiger partial charge in [0.2, 0.25) is 0 Å². The average molecular weight is 497 g/mol. The number of ether oxygens (including phenoxy) is 3. The van der Waals surface area contributed by atoms with E-state index < -0.39 is 18.0 Å². The fourth-order valence-electron chi connectivity index (χ4n) is 4.51. The number of esters is 1. The highest BCUT2D eigenvalue weighted by atomic mass is 16.5. The lowest BCUT2D eigenvalue weighted by Crippen LogP contribution is -2.51. The second-order valence-corrected chi connectivity index (χ2v) is 8.54. The van der Waals surface area contributed by atoms with Gasteiger partial charge in [-0.2, -0.15) is 0 Å². The highest BCUT2D eigenvalue weighted by Gasteiger charge is 2.35. The molecule has 1 unspecified atom stereocenters. The van der Waals surface area contributed by atoms with E-state index in [-0.39, 0.29) is 11.5 Å². The van der Waals surface area contributed by atoms with Gasteiger partial charge in [-0.1, -0.05) is 6.07 Å². The van der Waals surface area contributed by atoms with Gasteiger partial charge in [-0.25, -0.2) is 9.59 Å². The Hall–Kier alpha value is -3.92. The van der Waals surface area contributed by atoms with Gasteiger partial charge in [0.15, 0.2) is 11.5 Å². The van der Waals surface area contributed by atoms with Crippen molar-refractivity contribution in [1.82, 2.24) is 15.5 Å². The fraction of sp³-hybridized carbons (Fsp3) is 0.385. The van der Waals surface area contributed by atoms with Crippen molar-refractivity contribution in [2.45, 2.75) is 13.0 Å². The number of nitrogens with zero attached hydrogens (tertiary/aromatic N) is 2. The van der Waals surface area contributed by atoms with Crippen molar-refractivity contribution in [3.8, 4) is 17.2 Å². The quantitative estimate of drug-likeness (QED) is 0.478. The molecular weight excluding hydrogens is 464 g/mol. The summed E-state index contributed by atoms with van der Waals surface area (Å²) >= 11 is 0. The van der Waals surface area contributed by atoms with Crippen molar-refractivity contribution in [2.75, 3.05) is 58.5 Å². The fourth-order valence-corrected chi connectivity index (χ4v) is 4.51. The lowest BCUT2D eigenvalue weighted by atomic mass is 9.94. The number of phenolic OH excluding ortho intramolecular Hbond substituents is 1. The number of phenols is 1. The number of carbonyl (C=O) groups is 2. The minimum absolute atomic E-state index is 0.0144. The smallest absolute Gasteiger partial charge is 0.338 e. The number of anilines is 1. The summed E-state index contributed by atoms with van der Waals surface area (Å²) in [5.74, 6) is 0.547. The van der Waals surface area contributed by atoms with Crippen molar-refractivity contribution < 1.29 is 28.9 Å². The van der Waals surface area contributed by atoms with Crippen LogP contribution in [0.15, 0.2) is 53.7 Å². The number of carbonyl (C=O) groups excluding carboxylic acids is 2. The molecule has 2 aliphatic rings. The Morgan fingerprint density at radius 3 is 2.44 bits per heavy atom. The number of amides is 2. The summed E-state index contributed by atoms with van der Waals surface area (Å²) in [6.07, 6.45) is 0. The van der Waals surface area contributed by atoms with Crippen LogP contribution in [0.2, 0.25) is 0 Å². The van der Waals surface area contributed by atoms with Gasteiger partial charge >= 0.3 is 12.0 Å². The van der Waals surface area contributed by atoms with E-state index in [0.717, 1.165) is 37.6 Å². The van der Waals surface area contributed by atoms with Crippen LogP contribution in [-0.2, 0) is 9.53 Å². The number of nitrogens with one attached hydrogen (secondary N) is 2. The Balaban J connectivity index is 1.54. The molecule has 1 fully saturated rings. The third-order valence-electron chi connectivity index (χ3n) is 6.37. The molecule has 10 nitrogen and oxygen atoms in total. The molecule has 2 heterocycles. The molecule has 36 heavy (non-hydrogen) atoms. The Kier molecular flexibility index (Phi) is 7.84. The van der Waals surface area contributed by atoms with Crippen molar-refractivity contribution in [3.05, 3.63) is 59.3 Å². The van der Waals surface area contributed by atoms with E-state index in [1.165, 1.54) is 13.2 Å². The third-order valence-corrected chi connectivity index (χ3v) is 6.37. The van der Waals surface area contributed by atoms with E-state index in [0.29, 0.717) is 30.0 Å². The molecule has 0 radical (unpaired) electrons. The largest absolute Gasteiger partial charge is 0.504 e. The van der Waals surface area contributed by atoms with Crippen molar-refractivity contribution >= 4 is 17.7 Å². The number of hydrogen-bond acceptors (Lipinski definition) is 8. The van der Waals surface area contributed by atoms with Gasteiger partial charge in [0.05, 0.1) is 32.4 Å². The Morgan fingerprint density at radius 1 is 1.08 bits per heavy atom. The molecule has 1 saturated heterocycles. The van der Waals surface area contributed by atoms with E-state index in [4.69, 9.17) is 14.2 Å². The SMILES string of the molecule is CCOc1cc(C2NC(=O)NC(CN3CCN(c4ccc(OC)cc4)CC3)=C2C(=O)OC)ccc1O. The predicted octanol–water partition coefficient (Wildman–Crippen LogP) is 2.40. The zero-order valence-electron chi connectivity index (χ0n) is 20.7. The Labute approximate surface area is 210 Å². The Bertz CT molecular complexity index is 1130. The number of hydrogen-bond donors (Lipinski definition) is 3. The number of methoxy groups -OCH3 is 2. The highest BCUT2D eigenvalue weighted by molar-refractivity contribution is 5.95. The molecule has 4 rings (SSSR count). The van der Waals surface area contributed by atoms with Crippen LogP contribution >= 0.6 is 0 Å². The molecule has 0 bridgehead atoms. The zero-order valence-corrected chi connectivity index (χ0v) is 20.7. The van der Waals surface area contributed by atoms with E-state index >= 15 is 0 Å². The van der Waals surface area contributed by atoms with Gasteiger partial charge < -0.3 is 34.9 Å². The van der Waals surface area contributed by atoms with Gasteiger partial charge in [-0.05, 0) is 48.9 Å². The second kappa shape index (κ2) is 11.2. The molecule has 2 aromatic carbocycles. The molecular formula is C26H32N4O6. The van der Waals surface area contributed by atoms with E-state index in [1.54, 1.807) is 19.2 Å². The van der Waals surface area contributed by atoms with Crippen LogP contribution in [0.4, 0.5) is 10.5 Å². The first kappa shape index (κ1) is 25.2.